The van der Waals surface area contributed by atoms with E-state index in [0.717, 1.165) is 18.7 Å². The van der Waals surface area contributed by atoms with Crippen LogP contribution in [0.3, 0.4) is 0 Å². The molecule has 1 aromatic heterocycles. The van der Waals surface area contributed by atoms with Gasteiger partial charge in [-0.2, -0.15) is 0 Å². The van der Waals surface area contributed by atoms with Crippen LogP contribution in [0, 0.1) is 0 Å². The molecule has 0 spiro atoms. The molecule has 0 radical (unpaired) electrons. The molecular formula is C8H13N3O. The van der Waals surface area contributed by atoms with Crippen molar-refractivity contribution in [1.82, 2.24) is 14.8 Å². The van der Waals surface area contributed by atoms with Crippen LogP contribution in [0.5, 0.6) is 0 Å². The number of ether oxygens (including phenoxy) is 1. The molecule has 0 N–H and O–H groups in total. The van der Waals surface area contributed by atoms with Gasteiger partial charge in [-0.1, -0.05) is 0 Å². The Balaban J connectivity index is 2.16. The summed E-state index contributed by atoms with van der Waals surface area (Å²) < 4.78 is 7.58. The topological polar surface area (TPSA) is 39.9 Å². The van der Waals surface area contributed by atoms with Crippen molar-refractivity contribution in [3.63, 3.8) is 0 Å². The Morgan fingerprint density at radius 1 is 1.58 bits per heavy atom. The van der Waals surface area contributed by atoms with Crippen molar-refractivity contribution in [2.75, 3.05) is 0 Å². The largest absolute Gasteiger partial charge is 0.367 e. The second kappa shape index (κ2) is 2.86. The summed E-state index contributed by atoms with van der Waals surface area (Å²) in [5.74, 6) is 0.944. The Morgan fingerprint density at radius 2 is 2.42 bits per heavy atom. The number of nitrogens with zero attached hydrogens (tertiary/aromatic N) is 3. The first-order valence-electron chi connectivity index (χ1n) is 4.26. The molecule has 12 heavy (non-hydrogen) atoms. The van der Waals surface area contributed by atoms with E-state index in [1.54, 1.807) is 6.33 Å². The monoisotopic (exact) mass is 167 g/mol. The fourth-order valence-electron chi connectivity index (χ4n) is 1.58. The van der Waals surface area contributed by atoms with Crippen LogP contribution in [0.15, 0.2) is 6.33 Å². The summed E-state index contributed by atoms with van der Waals surface area (Å²) in [5.41, 5.74) is 0. The van der Waals surface area contributed by atoms with Crippen molar-refractivity contribution in [2.45, 2.75) is 32.0 Å². The third kappa shape index (κ3) is 1.22. The van der Waals surface area contributed by atoms with Gasteiger partial charge in [0.05, 0.1) is 6.10 Å². The predicted octanol–water partition coefficient (Wildman–Crippen LogP) is 1.06. The fraction of sp³-hybridized carbons (Fsp3) is 0.750. The number of hydrogen-bond donors (Lipinski definition) is 0. The van der Waals surface area contributed by atoms with Crippen LogP contribution in [0.2, 0.25) is 0 Å². The minimum atomic E-state index is 0.160. The van der Waals surface area contributed by atoms with Gasteiger partial charge in [-0.15, -0.1) is 10.2 Å². The normalized spacial score (nSPS) is 29.5. The maximum Gasteiger partial charge on any atom is 0.161 e. The Hall–Kier alpha value is -0.900. The molecule has 2 atom stereocenters. The van der Waals surface area contributed by atoms with Gasteiger partial charge >= 0.3 is 0 Å². The van der Waals surface area contributed by atoms with Gasteiger partial charge in [0.15, 0.2) is 5.82 Å². The highest BCUT2D eigenvalue weighted by atomic mass is 16.5. The minimum absolute atomic E-state index is 0.160. The van der Waals surface area contributed by atoms with Crippen molar-refractivity contribution in [3.8, 4) is 0 Å². The molecule has 0 saturated carbocycles. The maximum absolute atomic E-state index is 5.66. The second-order valence-corrected chi connectivity index (χ2v) is 3.31. The smallest absolute Gasteiger partial charge is 0.161 e. The molecule has 1 aliphatic heterocycles. The first-order chi connectivity index (χ1) is 5.77. The highest BCUT2D eigenvalue weighted by molar-refractivity contribution is 4.93. The minimum Gasteiger partial charge on any atom is -0.367 e. The van der Waals surface area contributed by atoms with Gasteiger partial charge in [0.1, 0.15) is 12.4 Å². The van der Waals surface area contributed by atoms with Gasteiger partial charge in [0, 0.05) is 7.05 Å². The molecule has 1 aliphatic rings. The second-order valence-electron chi connectivity index (χ2n) is 3.31. The van der Waals surface area contributed by atoms with Crippen LogP contribution in [0.4, 0.5) is 0 Å². The number of hydrogen-bond acceptors (Lipinski definition) is 3. The van der Waals surface area contributed by atoms with Crippen molar-refractivity contribution in [3.05, 3.63) is 12.2 Å². The Kier molecular flexibility index (Phi) is 1.84. The summed E-state index contributed by atoms with van der Waals surface area (Å²) in [6, 6.07) is 0. The van der Waals surface area contributed by atoms with E-state index in [-0.39, 0.29) is 6.10 Å². The average molecular weight is 167 g/mol. The van der Waals surface area contributed by atoms with E-state index in [0.29, 0.717) is 6.10 Å². The van der Waals surface area contributed by atoms with Crippen LogP contribution >= 0.6 is 0 Å². The summed E-state index contributed by atoms with van der Waals surface area (Å²) in [6.07, 6.45) is 4.42. The SMILES string of the molecule is CC1CCC(c2nncn2C)O1. The lowest BCUT2D eigenvalue weighted by atomic mass is 10.2. The van der Waals surface area contributed by atoms with Crippen molar-refractivity contribution in [2.24, 2.45) is 7.05 Å². The number of rotatable bonds is 1. The van der Waals surface area contributed by atoms with Gasteiger partial charge < -0.3 is 9.30 Å². The van der Waals surface area contributed by atoms with E-state index in [1.807, 2.05) is 11.6 Å². The summed E-state index contributed by atoms with van der Waals surface area (Å²) in [5, 5.41) is 7.84. The van der Waals surface area contributed by atoms with Gasteiger partial charge in [-0.25, -0.2) is 0 Å². The van der Waals surface area contributed by atoms with Crippen LogP contribution in [-0.4, -0.2) is 20.9 Å². The van der Waals surface area contributed by atoms with E-state index in [1.165, 1.54) is 0 Å². The molecule has 4 heteroatoms. The first-order valence-corrected chi connectivity index (χ1v) is 4.26. The zero-order valence-corrected chi connectivity index (χ0v) is 7.40. The summed E-state index contributed by atoms with van der Waals surface area (Å²) >= 11 is 0. The zero-order valence-electron chi connectivity index (χ0n) is 7.40. The maximum atomic E-state index is 5.66. The lowest BCUT2D eigenvalue weighted by molar-refractivity contribution is 0.0485. The molecule has 2 heterocycles. The van der Waals surface area contributed by atoms with Gasteiger partial charge in [0.2, 0.25) is 0 Å². The quantitative estimate of drug-likeness (QED) is 0.627. The molecule has 0 bridgehead atoms. The molecule has 1 saturated heterocycles. The lowest BCUT2D eigenvalue weighted by Crippen LogP contribution is -2.06. The summed E-state index contributed by atoms with van der Waals surface area (Å²) in [6.45, 7) is 2.09. The van der Waals surface area contributed by atoms with Crippen molar-refractivity contribution >= 4 is 0 Å². The molecule has 0 aliphatic carbocycles. The van der Waals surface area contributed by atoms with E-state index in [4.69, 9.17) is 4.74 Å². The molecule has 2 unspecified atom stereocenters. The average Bonchev–Trinajstić information content (AvgIpc) is 2.58. The third-order valence-corrected chi connectivity index (χ3v) is 2.27. The van der Waals surface area contributed by atoms with Crippen LogP contribution < -0.4 is 0 Å². The summed E-state index contributed by atoms with van der Waals surface area (Å²) in [7, 11) is 1.95. The number of aryl methyl sites for hydroxylation is 1. The molecule has 1 fully saturated rings. The van der Waals surface area contributed by atoms with Crippen LogP contribution in [0.25, 0.3) is 0 Å². The lowest BCUT2D eigenvalue weighted by Gasteiger charge is -2.08. The third-order valence-electron chi connectivity index (χ3n) is 2.27. The Labute approximate surface area is 71.6 Å². The number of aromatic nitrogens is 3. The molecule has 2 rings (SSSR count). The summed E-state index contributed by atoms with van der Waals surface area (Å²) in [4.78, 5) is 0. The van der Waals surface area contributed by atoms with Gasteiger partial charge in [-0.3, -0.25) is 0 Å². The molecule has 66 valence electrons. The molecule has 0 aromatic carbocycles. The fourth-order valence-corrected chi connectivity index (χ4v) is 1.58. The van der Waals surface area contributed by atoms with E-state index in [2.05, 4.69) is 17.1 Å². The first kappa shape index (κ1) is 7.73. The van der Waals surface area contributed by atoms with Crippen LogP contribution in [0.1, 0.15) is 31.7 Å². The Morgan fingerprint density at radius 3 is 2.92 bits per heavy atom. The highest BCUT2D eigenvalue weighted by Crippen LogP contribution is 2.30. The van der Waals surface area contributed by atoms with Crippen molar-refractivity contribution in [1.29, 1.82) is 0 Å². The standard InChI is InChI=1S/C8H13N3O/c1-6-3-4-7(12-6)8-10-9-5-11(8)2/h5-7H,3-4H2,1-2H3. The van der Waals surface area contributed by atoms with Gasteiger partial charge in [-0.05, 0) is 19.8 Å². The van der Waals surface area contributed by atoms with Crippen molar-refractivity contribution < 1.29 is 4.74 Å². The molecule has 4 nitrogen and oxygen atoms in total. The van der Waals surface area contributed by atoms with Crippen LogP contribution in [-0.2, 0) is 11.8 Å². The molecule has 1 aromatic rings. The van der Waals surface area contributed by atoms with Gasteiger partial charge in [0.25, 0.3) is 0 Å². The zero-order chi connectivity index (χ0) is 8.55. The van der Waals surface area contributed by atoms with E-state index in [9.17, 15) is 0 Å². The Bertz CT molecular complexity index is 271. The molecule has 0 amide bonds. The predicted molar refractivity (Wildman–Crippen MR) is 43.5 cm³/mol. The van der Waals surface area contributed by atoms with E-state index >= 15 is 0 Å². The highest BCUT2D eigenvalue weighted by Gasteiger charge is 2.26. The van der Waals surface area contributed by atoms with E-state index < -0.39 is 0 Å². The molecular weight excluding hydrogens is 154 g/mol.